The molecule has 0 unspecified atom stereocenters. The Morgan fingerprint density at radius 1 is 0.729 bits per heavy atom. The van der Waals surface area contributed by atoms with Gasteiger partial charge in [0.2, 0.25) is 0 Å². The molecule has 246 valence electrons. The summed E-state index contributed by atoms with van der Waals surface area (Å²) in [6.07, 6.45) is 10.6. The number of nitrogens with zero attached hydrogens (tertiary/aromatic N) is 7. The Morgan fingerprint density at radius 2 is 1.29 bits per heavy atom. The second-order valence-corrected chi connectivity index (χ2v) is 11.8. The lowest BCUT2D eigenvalue weighted by atomic mass is 10.2. The molecule has 5 heterocycles. The molecular formula is C32H33N11O3S2. The van der Waals surface area contributed by atoms with Gasteiger partial charge in [-0.3, -0.25) is 14.3 Å². The smallest absolute Gasteiger partial charge is 0.175 e. The van der Waals surface area contributed by atoms with Crippen LogP contribution in [0.3, 0.4) is 0 Å². The van der Waals surface area contributed by atoms with Crippen LogP contribution in [-0.2, 0) is 19.7 Å². The van der Waals surface area contributed by atoms with Gasteiger partial charge >= 0.3 is 0 Å². The molecule has 0 fully saturated rings. The highest BCUT2D eigenvalue weighted by molar-refractivity contribution is 7.81. The van der Waals surface area contributed by atoms with Gasteiger partial charge in [0.05, 0.1) is 65.8 Å². The van der Waals surface area contributed by atoms with Gasteiger partial charge in [-0.2, -0.15) is 10.2 Å². The van der Waals surface area contributed by atoms with Crippen LogP contribution in [0.1, 0.15) is 39.6 Å². The minimum Gasteiger partial charge on any atom is -0.487 e. The van der Waals surface area contributed by atoms with Crippen LogP contribution < -0.4 is 26.0 Å². The predicted octanol–water partition coefficient (Wildman–Crippen LogP) is 5.98. The van der Waals surface area contributed by atoms with E-state index in [4.69, 9.17) is 38.2 Å². The fourth-order valence-corrected chi connectivity index (χ4v) is 5.34. The zero-order valence-electron chi connectivity index (χ0n) is 26.6. The Hall–Kier alpha value is -5.61. The average Bonchev–Trinajstić information content (AvgIpc) is 3.84. The van der Waals surface area contributed by atoms with Crippen LogP contribution in [0, 0.1) is 27.7 Å². The maximum atomic E-state index is 6.16. The largest absolute Gasteiger partial charge is 0.487 e. The average molecular weight is 684 g/mol. The van der Waals surface area contributed by atoms with Gasteiger partial charge in [-0.25, -0.2) is 0 Å². The van der Waals surface area contributed by atoms with Crippen molar-refractivity contribution < 1.29 is 13.8 Å². The van der Waals surface area contributed by atoms with E-state index < -0.39 is 0 Å². The highest BCUT2D eigenvalue weighted by Gasteiger charge is 2.13. The third kappa shape index (κ3) is 8.02. The van der Waals surface area contributed by atoms with Gasteiger partial charge in [0.15, 0.2) is 10.2 Å². The molecule has 1 aromatic carbocycles. The fraction of sp³-hybridized carbons (Fsp3) is 0.219. The Labute approximate surface area is 286 Å². The third-order valence-corrected chi connectivity index (χ3v) is 7.78. The Bertz CT molecular complexity index is 2020. The monoisotopic (exact) mass is 683 g/mol. The van der Waals surface area contributed by atoms with Crippen molar-refractivity contribution in [2.24, 2.45) is 0 Å². The molecule has 14 nitrogen and oxygen atoms in total. The van der Waals surface area contributed by atoms with E-state index in [1.54, 1.807) is 34.2 Å². The molecule has 6 aromatic rings. The van der Waals surface area contributed by atoms with E-state index >= 15 is 0 Å². The van der Waals surface area contributed by atoms with E-state index in [1.807, 2.05) is 70.4 Å². The van der Waals surface area contributed by atoms with E-state index in [0.29, 0.717) is 40.4 Å². The number of benzene rings is 1. The number of anilines is 4. The number of pyridine rings is 1. The van der Waals surface area contributed by atoms with Crippen LogP contribution in [0.25, 0.3) is 0 Å². The number of para-hydroxylation sites is 2. The Kier molecular flexibility index (Phi) is 9.73. The van der Waals surface area contributed by atoms with E-state index in [2.05, 4.69) is 46.8 Å². The molecule has 0 saturated heterocycles. The second-order valence-electron chi connectivity index (χ2n) is 11.0. The Balaban J connectivity index is 1.00. The van der Waals surface area contributed by atoms with Crippen LogP contribution in [-0.4, -0.2) is 45.1 Å². The van der Waals surface area contributed by atoms with Crippen LogP contribution in [0.2, 0.25) is 0 Å². The van der Waals surface area contributed by atoms with Gasteiger partial charge in [0.1, 0.15) is 23.9 Å². The zero-order chi connectivity index (χ0) is 33.6. The van der Waals surface area contributed by atoms with E-state index in [1.165, 1.54) is 0 Å². The first-order valence-electron chi connectivity index (χ1n) is 14.9. The number of nitrogens with one attached hydrogen (secondary N) is 4. The molecule has 5 aromatic heterocycles. The van der Waals surface area contributed by atoms with Crippen LogP contribution in [0.5, 0.6) is 5.75 Å². The maximum Gasteiger partial charge on any atom is 0.175 e. The predicted molar refractivity (Wildman–Crippen MR) is 189 cm³/mol. The minimum absolute atomic E-state index is 0.268. The molecule has 0 aliphatic carbocycles. The molecule has 0 aliphatic rings. The molecule has 0 atom stereocenters. The number of ether oxygens (including phenoxy) is 1. The van der Waals surface area contributed by atoms with Crippen LogP contribution in [0.4, 0.5) is 22.7 Å². The molecule has 0 bridgehead atoms. The van der Waals surface area contributed by atoms with Gasteiger partial charge in [0.25, 0.3) is 0 Å². The number of hydrogen-bond donors (Lipinski definition) is 4. The summed E-state index contributed by atoms with van der Waals surface area (Å²) in [4.78, 5) is 4.35. The van der Waals surface area contributed by atoms with Gasteiger partial charge in [-0.1, -0.05) is 22.4 Å². The lowest BCUT2D eigenvalue weighted by Gasteiger charge is -2.15. The number of thiocarbonyl (C=S) groups is 2. The van der Waals surface area contributed by atoms with Crippen molar-refractivity contribution in [1.29, 1.82) is 0 Å². The van der Waals surface area contributed by atoms with Crippen molar-refractivity contribution in [2.45, 2.75) is 47.4 Å². The zero-order valence-corrected chi connectivity index (χ0v) is 28.3. The second kappa shape index (κ2) is 14.4. The number of rotatable bonds is 11. The SMILES string of the molecule is Cc1noc(C)c1Cn1cc(NC(=S)Nc2cncc(COc3ccccc3NC(=S)Nc3cnn(Cc4c(C)noc4C)c3)c2)cn1. The summed E-state index contributed by atoms with van der Waals surface area (Å²) >= 11 is 11.1. The molecule has 0 amide bonds. The summed E-state index contributed by atoms with van der Waals surface area (Å²) in [5, 5.41) is 30.3. The van der Waals surface area contributed by atoms with Gasteiger partial charge in [-0.05, 0) is 70.3 Å². The van der Waals surface area contributed by atoms with Crippen molar-refractivity contribution in [1.82, 2.24) is 34.9 Å². The summed E-state index contributed by atoms with van der Waals surface area (Å²) in [7, 11) is 0. The van der Waals surface area contributed by atoms with Gasteiger partial charge in [0, 0.05) is 35.3 Å². The molecular weight excluding hydrogens is 651 g/mol. The molecule has 0 aliphatic heterocycles. The van der Waals surface area contributed by atoms with E-state index in [9.17, 15) is 0 Å². The van der Waals surface area contributed by atoms with E-state index in [-0.39, 0.29) is 6.61 Å². The minimum atomic E-state index is 0.268. The standard InChI is InChI=1S/C32H33N11O3S2/c1-19-27(21(3)45-40-19)16-42-14-25(12-34-42)37-31(47)36-24-9-23(10-33-11-24)18-44-30-8-6-5-7-29(30)39-32(48)38-26-13-35-43(15-26)17-28-20(2)41-46-22(28)4/h5-15H,16-18H2,1-4H3,(H2,36,37,47)(H2,38,39,48). The van der Waals surface area contributed by atoms with Crippen molar-refractivity contribution >= 4 is 57.4 Å². The van der Waals surface area contributed by atoms with Crippen molar-refractivity contribution in [3.8, 4) is 5.75 Å². The summed E-state index contributed by atoms with van der Waals surface area (Å²) in [5.74, 6) is 2.17. The molecule has 0 radical (unpaired) electrons. The normalized spacial score (nSPS) is 10.9. The van der Waals surface area contributed by atoms with Crippen LogP contribution >= 0.6 is 24.4 Å². The maximum absolute atomic E-state index is 6.16. The fourth-order valence-electron chi connectivity index (χ4n) is 4.88. The topological polar surface area (TPSA) is 158 Å². The molecule has 0 spiro atoms. The summed E-state index contributed by atoms with van der Waals surface area (Å²) in [6, 6.07) is 9.48. The van der Waals surface area contributed by atoms with E-state index in [0.717, 1.165) is 51.0 Å². The third-order valence-electron chi connectivity index (χ3n) is 7.37. The molecule has 0 saturated carbocycles. The van der Waals surface area contributed by atoms with Gasteiger partial charge < -0.3 is 35.1 Å². The number of aromatic nitrogens is 7. The van der Waals surface area contributed by atoms with Crippen LogP contribution in [0.15, 0.2) is 76.6 Å². The Morgan fingerprint density at radius 3 is 1.88 bits per heavy atom. The van der Waals surface area contributed by atoms with Gasteiger partial charge in [-0.15, -0.1) is 0 Å². The first-order valence-corrected chi connectivity index (χ1v) is 15.7. The van der Waals surface area contributed by atoms with Crippen molar-refractivity contribution in [3.05, 3.63) is 107 Å². The molecule has 4 N–H and O–H groups in total. The summed E-state index contributed by atoms with van der Waals surface area (Å²) in [6.45, 7) is 8.96. The first-order chi connectivity index (χ1) is 23.2. The number of hydrogen-bond acceptors (Lipinski definition) is 10. The lowest BCUT2D eigenvalue weighted by molar-refractivity contribution is 0.307. The van der Waals surface area contributed by atoms with Crippen molar-refractivity contribution in [3.63, 3.8) is 0 Å². The molecule has 16 heteroatoms. The molecule has 48 heavy (non-hydrogen) atoms. The first kappa shape index (κ1) is 32.3. The highest BCUT2D eigenvalue weighted by atomic mass is 32.1. The number of aryl methyl sites for hydroxylation is 4. The lowest BCUT2D eigenvalue weighted by Crippen LogP contribution is -2.19. The molecule has 6 rings (SSSR count). The summed E-state index contributed by atoms with van der Waals surface area (Å²) in [5.41, 5.74) is 7.44. The summed E-state index contributed by atoms with van der Waals surface area (Å²) < 4.78 is 20.3. The van der Waals surface area contributed by atoms with Crippen molar-refractivity contribution in [2.75, 3.05) is 21.3 Å². The quantitative estimate of drug-likeness (QED) is 0.118. The highest BCUT2D eigenvalue weighted by Crippen LogP contribution is 2.26.